The van der Waals surface area contributed by atoms with Crippen molar-refractivity contribution < 1.29 is 14.7 Å². The van der Waals surface area contributed by atoms with Crippen LogP contribution >= 0.6 is 15.9 Å². The lowest BCUT2D eigenvalue weighted by Gasteiger charge is -2.32. The Kier molecular flexibility index (Phi) is 5.72. The van der Waals surface area contributed by atoms with E-state index in [1.165, 1.54) is 6.42 Å². The average Bonchev–Trinajstić information content (AvgIpc) is 2.73. The summed E-state index contributed by atoms with van der Waals surface area (Å²) in [4.78, 5) is 31.3. The number of rotatable bonds is 4. The van der Waals surface area contributed by atoms with E-state index < -0.39 is 5.97 Å². The Hall–Kier alpha value is -2.93. The zero-order valence-corrected chi connectivity index (χ0v) is 18.1. The van der Waals surface area contributed by atoms with Crippen molar-refractivity contribution in [1.29, 1.82) is 0 Å². The lowest BCUT2D eigenvalue weighted by molar-refractivity contribution is 0.0698. The van der Waals surface area contributed by atoms with Crippen LogP contribution in [0, 0.1) is 5.92 Å². The van der Waals surface area contributed by atoms with Gasteiger partial charge in [0.1, 0.15) is 5.82 Å². The number of carboxylic acids is 1. The van der Waals surface area contributed by atoms with Gasteiger partial charge >= 0.3 is 5.97 Å². The maximum absolute atomic E-state index is 12.5. The van der Waals surface area contributed by atoms with Gasteiger partial charge in [-0.3, -0.25) is 4.79 Å². The zero-order chi connectivity index (χ0) is 21.3. The number of aromatic carboxylic acids is 1. The number of carbonyl (C=O) groups excluding carboxylic acids is 1. The summed E-state index contributed by atoms with van der Waals surface area (Å²) in [5.74, 6) is -0.0190. The molecular weight excluding hydrogens is 446 g/mol. The first-order chi connectivity index (χ1) is 14.4. The van der Waals surface area contributed by atoms with E-state index in [2.05, 4.69) is 33.1 Å². The van der Waals surface area contributed by atoms with Crippen LogP contribution in [0.15, 0.2) is 53.0 Å². The topological polar surface area (TPSA) is 82.5 Å². The molecule has 1 fully saturated rings. The highest BCUT2D eigenvalue weighted by molar-refractivity contribution is 9.10. The molecule has 1 atom stereocenters. The predicted molar refractivity (Wildman–Crippen MR) is 121 cm³/mol. The monoisotopic (exact) mass is 467 g/mol. The number of halogens is 1. The minimum Gasteiger partial charge on any atom is -0.478 e. The molecule has 2 N–H and O–H groups in total. The summed E-state index contributed by atoms with van der Waals surface area (Å²) in [6, 6.07) is 13.9. The molecular formula is C23H22BrN3O3. The number of nitrogens with one attached hydrogen (secondary N) is 1. The predicted octanol–water partition coefficient (Wildman–Crippen LogP) is 5.18. The highest BCUT2D eigenvalue weighted by Crippen LogP contribution is 2.28. The molecule has 7 heteroatoms. The summed E-state index contributed by atoms with van der Waals surface area (Å²) in [5.41, 5.74) is 1.83. The van der Waals surface area contributed by atoms with E-state index in [-0.39, 0.29) is 11.5 Å². The highest BCUT2D eigenvalue weighted by Gasteiger charge is 2.21. The SMILES string of the molecule is CC1CCCN(c2cc(C(=O)O)c3cc(NC(=O)c4ccc(Br)cc4)ccc3n2)C1. The third kappa shape index (κ3) is 4.31. The van der Waals surface area contributed by atoms with Crippen LogP contribution in [-0.2, 0) is 0 Å². The number of carboxylic acid groups (broad SMARTS) is 1. The number of aromatic nitrogens is 1. The number of nitrogens with zero attached hydrogens (tertiary/aromatic N) is 2. The van der Waals surface area contributed by atoms with Gasteiger partial charge in [0.15, 0.2) is 0 Å². The third-order valence-corrected chi connectivity index (χ3v) is 5.90. The fourth-order valence-corrected chi connectivity index (χ4v) is 4.09. The van der Waals surface area contributed by atoms with Gasteiger partial charge < -0.3 is 15.3 Å². The van der Waals surface area contributed by atoms with Gasteiger partial charge in [0.25, 0.3) is 5.91 Å². The molecule has 1 amide bonds. The largest absolute Gasteiger partial charge is 0.478 e. The van der Waals surface area contributed by atoms with Crippen LogP contribution in [0.3, 0.4) is 0 Å². The Labute approximate surface area is 183 Å². The number of anilines is 2. The van der Waals surface area contributed by atoms with Crippen molar-refractivity contribution in [2.24, 2.45) is 5.92 Å². The lowest BCUT2D eigenvalue weighted by atomic mass is 10.00. The summed E-state index contributed by atoms with van der Waals surface area (Å²) in [7, 11) is 0. The van der Waals surface area contributed by atoms with Crippen molar-refractivity contribution in [3.63, 3.8) is 0 Å². The van der Waals surface area contributed by atoms with E-state index in [0.29, 0.717) is 33.9 Å². The van der Waals surface area contributed by atoms with Crippen molar-refractivity contribution in [2.45, 2.75) is 19.8 Å². The molecule has 1 unspecified atom stereocenters. The number of hydrogen-bond donors (Lipinski definition) is 2. The number of hydrogen-bond acceptors (Lipinski definition) is 4. The Morgan fingerprint density at radius 3 is 2.63 bits per heavy atom. The molecule has 4 rings (SSSR count). The Morgan fingerprint density at radius 1 is 1.17 bits per heavy atom. The maximum Gasteiger partial charge on any atom is 0.336 e. The molecule has 2 heterocycles. The molecule has 1 aromatic heterocycles. The molecule has 154 valence electrons. The summed E-state index contributed by atoms with van der Waals surface area (Å²) >= 11 is 3.35. The van der Waals surface area contributed by atoms with E-state index in [1.54, 1.807) is 48.5 Å². The molecule has 30 heavy (non-hydrogen) atoms. The standard InChI is InChI=1S/C23H22BrN3O3/c1-14-3-2-10-27(13-14)21-12-19(23(29)30)18-11-17(8-9-20(18)26-21)25-22(28)15-4-6-16(24)7-5-15/h4-9,11-12,14H,2-3,10,13H2,1H3,(H,25,28)(H,29,30). The normalized spacial score (nSPS) is 16.5. The van der Waals surface area contributed by atoms with E-state index in [0.717, 1.165) is 24.0 Å². The second kappa shape index (κ2) is 8.44. The van der Waals surface area contributed by atoms with Crippen molar-refractivity contribution >= 4 is 50.2 Å². The molecule has 0 saturated carbocycles. The smallest absolute Gasteiger partial charge is 0.336 e. The summed E-state index contributed by atoms with van der Waals surface area (Å²) in [5, 5.41) is 13.1. The fourth-order valence-electron chi connectivity index (χ4n) is 3.83. The number of fused-ring (bicyclic) bond motifs is 1. The van der Waals surface area contributed by atoms with Crippen LogP contribution in [0.25, 0.3) is 10.9 Å². The van der Waals surface area contributed by atoms with Gasteiger partial charge in [0.2, 0.25) is 0 Å². The molecule has 0 spiro atoms. The van der Waals surface area contributed by atoms with Gasteiger partial charge in [-0.15, -0.1) is 0 Å². The summed E-state index contributed by atoms with van der Waals surface area (Å²) < 4.78 is 0.890. The molecule has 3 aromatic rings. The molecule has 0 bridgehead atoms. The number of amides is 1. The number of benzene rings is 2. The third-order valence-electron chi connectivity index (χ3n) is 5.37. The van der Waals surface area contributed by atoms with E-state index in [4.69, 9.17) is 4.98 Å². The Bertz CT molecular complexity index is 1110. The molecule has 0 aliphatic carbocycles. The second-order valence-electron chi connectivity index (χ2n) is 7.72. The Morgan fingerprint density at radius 2 is 1.93 bits per heavy atom. The zero-order valence-electron chi connectivity index (χ0n) is 16.6. The van der Waals surface area contributed by atoms with Gasteiger partial charge in [-0.2, -0.15) is 0 Å². The molecule has 2 aromatic carbocycles. The highest BCUT2D eigenvalue weighted by atomic mass is 79.9. The van der Waals surface area contributed by atoms with Gasteiger partial charge in [-0.05, 0) is 67.3 Å². The number of carbonyl (C=O) groups is 2. The number of piperidine rings is 1. The van der Waals surface area contributed by atoms with Gasteiger partial charge in [-0.1, -0.05) is 22.9 Å². The van der Waals surface area contributed by atoms with Crippen molar-refractivity contribution in [3.05, 3.63) is 64.1 Å². The average molecular weight is 468 g/mol. The van der Waals surface area contributed by atoms with Crippen LogP contribution < -0.4 is 10.2 Å². The van der Waals surface area contributed by atoms with Crippen LogP contribution in [0.2, 0.25) is 0 Å². The van der Waals surface area contributed by atoms with E-state index in [1.807, 2.05) is 0 Å². The van der Waals surface area contributed by atoms with Crippen molar-refractivity contribution in [3.8, 4) is 0 Å². The van der Waals surface area contributed by atoms with Crippen LogP contribution in [0.4, 0.5) is 11.5 Å². The summed E-state index contributed by atoms with van der Waals surface area (Å²) in [6.07, 6.45) is 2.25. The first-order valence-electron chi connectivity index (χ1n) is 9.90. The minimum absolute atomic E-state index is 0.188. The molecule has 1 aliphatic rings. The first kappa shape index (κ1) is 20.3. The summed E-state index contributed by atoms with van der Waals surface area (Å²) in [6.45, 7) is 3.95. The Balaban J connectivity index is 1.67. The van der Waals surface area contributed by atoms with Crippen LogP contribution in [0.5, 0.6) is 0 Å². The van der Waals surface area contributed by atoms with Crippen LogP contribution in [0.1, 0.15) is 40.5 Å². The van der Waals surface area contributed by atoms with Crippen molar-refractivity contribution in [1.82, 2.24) is 4.98 Å². The van der Waals surface area contributed by atoms with Gasteiger partial charge in [0, 0.05) is 34.2 Å². The van der Waals surface area contributed by atoms with E-state index in [9.17, 15) is 14.7 Å². The first-order valence-corrected chi connectivity index (χ1v) is 10.7. The lowest BCUT2D eigenvalue weighted by Crippen LogP contribution is -2.35. The quantitative estimate of drug-likeness (QED) is 0.551. The van der Waals surface area contributed by atoms with Gasteiger partial charge in [-0.25, -0.2) is 9.78 Å². The molecule has 0 radical (unpaired) electrons. The maximum atomic E-state index is 12.5. The van der Waals surface area contributed by atoms with Crippen LogP contribution in [-0.4, -0.2) is 35.1 Å². The van der Waals surface area contributed by atoms with Crippen molar-refractivity contribution in [2.75, 3.05) is 23.3 Å². The number of pyridine rings is 1. The molecule has 1 saturated heterocycles. The minimum atomic E-state index is -1.01. The second-order valence-corrected chi connectivity index (χ2v) is 8.64. The van der Waals surface area contributed by atoms with Gasteiger partial charge in [0.05, 0.1) is 11.1 Å². The fraction of sp³-hybridized carbons (Fsp3) is 0.261. The van der Waals surface area contributed by atoms with E-state index >= 15 is 0 Å². The molecule has 6 nitrogen and oxygen atoms in total. The molecule has 1 aliphatic heterocycles.